The fraction of sp³-hybridized carbons (Fsp3) is 0.429. The van der Waals surface area contributed by atoms with Gasteiger partial charge in [-0.3, -0.25) is 15.1 Å². The number of aromatic nitrogens is 1. The van der Waals surface area contributed by atoms with Crippen LogP contribution in [0.2, 0.25) is 0 Å². The minimum atomic E-state index is -0.476. The second kappa shape index (κ2) is 8.05. The molecule has 1 aromatic heterocycles. The molecule has 28 heavy (non-hydrogen) atoms. The number of rotatable bonds is 4. The monoisotopic (exact) mass is 405 g/mol. The van der Waals surface area contributed by atoms with Crippen LogP contribution in [-0.2, 0) is 4.79 Å². The Morgan fingerprint density at radius 1 is 1.29 bits per heavy atom. The van der Waals surface area contributed by atoms with E-state index < -0.39 is 5.54 Å². The van der Waals surface area contributed by atoms with Gasteiger partial charge >= 0.3 is 0 Å². The Morgan fingerprint density at radius 3 is 2.82 bits per heavy atom. The Balaban J connectivity index is 0.00000225. The number of benzene rings is 1. The lowest BCUT2D eigenvalue weighted by Crippen LogP contribution is -2.47. The molecule has 1 aromatic carbocycles. The first-order valence-corrected chi connectivity index (χ1v) is 9.48. The van der Waals surface area contributed by atoms with Crippen LogP contribution in [0.4, 0.5) is 4.39 Å². The van der Waals surface area contributed by atoms with Gasteiger partial charge in [0.15, 0.2) is 0 Å². The number of halogens is 2. The molecule has 150 valence electrons. The topological polar surface area (TPSA) is 63.2 Å². The first kappa shape index (κ1) is 20.6. The van der Waals surface area contributed by atoms with E-state index in [1.165, 1.54) is 6.07 Å². The molecule has 2 aromatic rings. The van der Waals surface area contributed by atoms with Crippen LogP contribution in [0.1, 0.15) is 43.6 Å². The summed E-state index contributed by atoms with van der Waals surface area (Å²) >= 11 is 0. The van der Waals surface area contributed by atoms with E-state index in [2.05, 4.69) is 15.6 Å². The lowest BCUT2D eigenvalue weighted by Gasteiger charge is -2.22. The first-order valence-electron chi connectivity index (χ1n) is 9.48. The summed E-state index contributed by atoms with van der Waals surface area (Å²) in [6, 6.07) is 8.59. The zero-order chi connectivity index (χ0) is 19.0. The average Bonchev–Trinajstić information content (AvgIpc) is 3.24. The second-order valence-electron chi connectivity index (χ2n) is 7.32. The maximum absolute atomic E-state index is 14.5. The predicted molar refractivity (Wildman–Crippen MR) is 108 cm³/mol. The minimum Gasteiger partial charge on any atom is -0.494 e. The lowest BCUT2D eigenvalue weighted by atomic mass is 9.96. The fourth-order valence-corrected chi connectivity index (χ4v) is 4.15. The van der Waals surface area contributed by atoms with Crippen LogP contribution in [0.5, 0.6) is 5.75 Å². The maximum Gasteiger partial charge on any atom is 0.240 e. The number of nitrogens with zero attached hydrogens (tertiary/aromatic N) is 1. The van der Waals surface area contributed by atoms with Gasteiger partial charge in [0.2, 0.25) is 5.91 Å². The molecular formula is C21H25ClFN3O2. The summed E-state index contributed by atoms with van der Waals surface area (Å²) in [7, 11) is 0. The summed E-state index contributed by atoms with van der Waals surface area (Å²) in [5.41, 5.74) is 2.47. The summed E-state index contributed by atoms with van der Waals surface area (Å²) in [4.78, 5) is 16.9. The van der Waals surface area contributed by atoms with Gasteiger partial charge in [-0.15, -0.1) is 12.4 Å². The Morgan fingerprint density at radius 2 is 2.11 bits per heavy atom. The molecule has 0 bridgehead atoms. The number of ether oxygens (including phenoxy) is 1. The van der Waals surface area contributed by atoms with Gasteiger partial charge in [-0.2, -0.15) is 0 Å². The van der Waals surface area contributed by atoms with Crippen molar-refractivity contribution in [3.63, 3.8) is 0 Å². The van der Waals surface area contributed by atoms with E-state index in [4.69, 9.17) is 4.74 Å². The molecule has 0 saturated carbocycles. The Kier molecular flexibility index (Phi) is 5.91. The van der Waals surface area contributed by atoms with Crippen molar-refractivity contribution >= 4 is 18.3 Å². The molecule has 0 aliphatic carbocycles. The summed E-state index contributed by atoms with van der Waals surface area (Å²) in [5, 5.41) is 6.40. The van der Waals surface area contributed by atoms with Crippen LogP contribution in [-0.4, -0.2) is 29.6 Å². The summed E-state index contributed by atoms with van der Waals surface area (Å²) in [6.07, 6.45) is 2.43. The Labute approximate surface area is 170 Å². The van der Waals surface area contributed by atoms with Crippen molar-refractivity contribution < 1.29 is 13.9 Å². The van der Waals surface area contributed by atoms with Crippen molar-refractivity contribution in [2.75, 3.05) is 13.2 Å². The molecule has 3 heterocycles. The molecule has 4 rings (SSSR count). The number of carbonyl (C=O) groups is 1. The SMILES string of the molecule is CCOc1ccc(F)c(-c2cc(C)nc([C@@H]3CC[C@@]4(CCNC4=O)N3)c2)c1.Cl. The summed E-state index contributed by atoms with van der Waals surface area (Å²) < 4.78 is 20.0. The Hall–Kier alpha value is -2.18. The standard InChI is InChI=1S/C21H24FN3O2.ClH/c1-3-27-15-4-5-17(22)16(12-15)14-10-13(2)24-19(11-14)18-6-7-21(25-18)8-9-23-20(21)26;/h4-5,10-12,18,25H,3,6-9H2,1-2H3,(H,23,26);1H/t18-,21-;/m0./s1. The zero-order valence-corrected chi connectivity index (χ0v) is 16.9. The van der Waals surface area contributed by atoms with Gasteiger partial charge in [0.05, 0.1) is 18.3 Å². The van der Waals surface area contributed by atoms with Gasteiger partial charge in [0.25, 0.3) is 0 Å². The lowest BCUT2D eigenvalue weighted by molar-refractivity contribution is -0.124. The van der Waals surface area contributed by atoms with Crippen LogP contribution in [0.25, 0.3) is 11.1 Å². The molecule has 1 amide bonds. The third-order valence-corrected chi connectivity index (χ3v) is 5.47. The van der Waals surface area contributed by atoms with E-state index in [-0.39, 0.29) is 30.2 Å². The van der Waals surface area contributed by atoms with Crippen LogP contribution in [0.15, 0.2) is 30.3 Å². The molecule has 5 nitrogen and oxygen atoms in total. The normalized spacial score (nSPS) is 23.5. The molecule has 2 saturated heterocycles. The van der Waals surface area contributed by atoms with Gasteiger partial charge in [0, 0.05) is 17.8 Å². The van der Waals surface area contributed by atoms with E-state index >= 15 is 0 Å². The highest BCUT2D eigenvalue weighted by Gasteiger charge is 2.48. The fourth-order valence-electron chi connectivity index (χ4n) is 4.15. The number of nitrogens with one attached hydrogen (secondary N) is 2. The predicted octanol–water partition coefficient (Wildman–Crippen LogP) is 3.70. The van der Waals surface area contributed by atoms with Gasteiger partial charge in [-0.05, 0) is 69.0 Å². The molecule has 0 radical (unpaired) electrons. The number of amides is 1. The van der Waals surface area contributed by atoms with E-state index in [1.54, 1.807) is 12.1 Å². The molecule has 2 N–H and O–H groups in total. The quantitative estimate of drug-likeness (QED) is 0.814. The average molecular weight is 406 g/mol. The molecule has 2 aliphatic rings. The third kappa shape index (κ3) is 3.71. The molecule has 2 aliphatic heterocycles. The van der Waals surface area contributed by atoms with Crippen molar-refractivity contribution in [3.8, 4) is 16.9 Å². The Bertz CT molecular complexity index is 892. The van der Waals surface area contributed by atoms with Crippen LogP contribution < -0.4 is 15.4 Å². The maximum atomic E-state index is 14.5. The summed E-state index contributed by atoms with van der Waals surface area (Å²) in [5.74, 6) is 0.430. The van der Waals surface area contributed by atoms with Gasteiger partial charge in [-0.25, -0.2) is 4.39 Å². The number of carbonyl (C=O) groups excluding carboxylic acids is 1. The highest BCUT2D eigenvalue weighted by atomic mass is 35.5. The first-order chi connectivity index (χ1) is 13.0. The minimum absolute atomic E-state index is 0. The van der Waals surface area contributed by atoms with Crippen molar-refractivity contribution in [3.05, 3.63) is 47.5 Å². The smallest absolute Gasteiger partial charge is 0.240 e. The second-order valence-corrected chi connectivity index (χ2v) is 7.32. The number of hydrogen-bond donors (Lipinski definition) is 2. The van der Waals surface area contributed by atoms with Crippen LogP contribution in [0, 0.1) is 12.7 Å². The molecule has 7 heteroatoms. The van der Waals surface area contributed by atoms with Crippen molar-refractivity contribution in [1.82, 2.24) is 15.6 Å². The van der Waals surface area contributed by atoms with Gasteiger partial charge < -0.3 is 10.1 Å². The van der Waals surface area contributed by atoms with Crippen LogP contribution in [0.3, 0.4) is 0 Å². The summed E-state index contributed by atoms with van der Waals surface area (Å²) in [6.45, 7) is 5.05. The van der Waals surface area contributed by atoms with E-state index in [0.29, 0.717) is 24.5 Å². The van der Waals surface area contributed by atoms with Gasteiger partial charge in [0.1, 0.15) is 17.1 Å². The highest BCUT2D eigenvalue weighted by molar-refractivity contribution is 5.88. The molecule has 2 atom stereocenters. The zero-order valence-electron chi connectivity index (χ0n) is 16.0. The number of hydrogen-bond acceptors (Lipinski definition) is 4. The number of pyridine rings is 1. The molecular weight excluding hydrogens is 381 g/mol. The third-order valence-electron chi connectivity index (χ3n) is 5.47. The molecule has 2 fully saturated rings. The highest BCUT2D eigenvalue weighted by Crippen LogP contribution is 2.38. The molecule has 0 unspecified atom stereocenters. The van der Waals surface area contributed by atoms with Gasteiger partial charge in [-0.1, -0.05) is 0 Å². The van der Waals surface area contributed by atoms with E-state index in [9.17, 15) is 9.18 Å². The van der Waals surface area contributed by atoms with Crippen LogP contribution >= 0.6 is 12.4 Å². The van der Waals surface area contributed by atoms with Crippen molar-refractivity contribution in [1.29, 1.82) is 0 Å². The van der Waals surface area contributed by atoms with E-state index in [1.807, 2.05) is 26.0 Å². The van der Waals surface area contributed by atoms with Crippen molar-refractivity contribution in [2.24, 2.45) is 0 Å². The number of aryl methyl sites for hydroxylation is 1. The van der Waals surface area contributed by atoms with Crippen molar-refractivity contribution in [2.45, 2.75) is 44.7 Å². The van der Waals surface area contributed by atoms with E-state index in [0.717, 1.165) is 36.2 Å². The molecule has 1 spiro atoms. The largest absolute Gasteiger partial charge is 0.494 e.